The van der Waals surface area contributed by atoms with E-state index in [1.165, 1.54) is 0 Å². The molecular weight excluding hydrogens is 136 g/mol. The standard InChI is InChI=1S/C9H10N2/c1-4-8-5-6-9(10-7-8)11(2)3/h1,5-7H,2-3H3. The minimum atomic E-state index is 0.815. The first-order chi connectivity index (χ1) is 5.24. The summed E-state index contributed by atoms with van der Waals surface area (Å²) in [6.07, 6.45) is 6.86. The van der Waals surface area contributed by atoms with Crippen molar-refractivity contribution < 1.29 is 0 Å². The Morgan fingerprint density at radius 1 is 1.45 bits per heavy atom. The highest BCUT2D eigenvalue weighted by Crippen LogP contribution is 2.06. The number of aromatic nitrogens is 1. The quantitative estimate of drug-likeness (QED) is 0.552. The minimum Gasteiger partial charge on any atom is -0.363 e. The van der Waals surface area contributed by atoms with Crippen LogP contribution in [-0.4, -0.2) is 19.1 Å². The number of pyridine rings is 1. The zero-order valence-corrected chi connectivity index (χ0v) is 6.70. The third-order valence-corrected chi connectivity index (χ3v) is 1.37. The normalized spacial score (nSPS) is 8.82. The molecule has 1 heterocycles. The van der Waals surface area contributed by atoms with Crippen LogP contribution in [0.4, 0.5) is 5.82 Å². The van der Waals surface area contributed by atoms with Crippen molar-refractivity contribution in [1.82, 2.24) is 4.98 Å². The molecule has 0 radical (unpaired) electrons. The second kappa shape index (κ2) is 3.07. The zero-order valence-electron chi connectivity index (χ0n) is 6.70. The summed E-state index contributed by atoms with van der Waals surface area (Å²) in [5.41, 5.74) is 0.815. The van der Waals surface area contributed by atoms with Crippen LogP contribution in [0.5, 0.6) is 0 Å². The van der Waals surface area contributed by atoms with Crippen LogP contribution in [0.3, 0.4) is 0 Å². The lowest BCUT2D eigenvalue weighted by Gasteiger charge is -2.09. The van der Waals surface area contributed by atoms with E-state index < -0.39 is 0 Å². The molecule has 0 N–H and O–H groups in total. The van der Waals surface area contributed by atoms with Gasteiger partial charge in [-0.2, -0.15) is 0 Å². The van der Waals surface area contributed by atoms with Crippen molar-refractivity contribution in [2.45, 2.75) is 0 Å². The molecular formula is C9H10N2. The van der Waals surface area contributed by atoms with E-state index in [4.69, 9.17) is 6.42 Å². The van der Waals surface area contributed by atoms with Crippen LogP contribution >= 0.6 is 0 Å². The average molecular weight is 146 g/mol. The highest BCUT2D eigenvalue weighted by Gasteiger charge is 1.93. The molecule has 0 aromatic carbocycles. The van der Waals surface area contributed by atoms with Gasteiger partial charge >= 0.3 is 0 Å². The van der Waals surface area contributed by atoms with Crippen molar-refractivity contribution in [2.24, 2.45) is 0 Å². The molecule has 0 unspecified atom stereocenters. The smallest absolute Gasteiger partial charge is 0.128 e. The first kappa shape index (κ1) is 7.62. The van der Waals surface area contributed by atoms with E-state index in [9.17, 15) is 0 Å². The second-order valence-corrected chi connectivity index (χ2v) is 2.44. The van der Waals surface area contributed by atoms with Gasteiger partial charge in [-0.3, -0.25) is 0 Å². The van der Waals surface area contributed by atoms with Gasteiger partial charge in [0.25, 0.3) is 0 Å². The van der Waals surface area contributed by atoms with Gasteiger partial charge in [0.05, 0.1) is 0 Å². The summed E-state index contributed by atoms with van der Waals surface area (Å²) in [7, 11) is 3.88. The molecule has 0 aliphatic rings. The van der Waals surface area contributed by atoms with E-state index in [1.807, 2.05) is 31.1 Å². The Morgan fingerprint density at radius 3 is 2.55 bits per heavy atom. The Hall–Kier alpha value is -1.49. The summed E-state index contributed by atoms with van der Waals surface area (Å²) in [5.74, 6) is 3.43. The summed E-state index contributed by atoms with van der Waals surface area (Å²) in [4.78, 5) is 6.06. The molecule has 0 saturated carbocycles. The number of anilines is 1. The van der Waals surface area contributed by atoms with Gasteiger partial charge in [0, 0.05) is 25.9 Å². The number of terminal acetylenes is 1. The predicted molar refractivity (Wildman–Crippen MR) is 46.5 cm³/mol. The molecule has 0 amide bonds. The van der Waals surface area contributed by atoms with Gasteiger partial charge in [-0.1, -0.05) is 5.92 Å². The number of nitrogens with zero attached hydrogens (tertiary/aromatic N) is 2. The molecule has 0 fully saturated rings. The van der Waals surface area contributed by atoms with Crippen LogP contribution in [0.15, 0.2) is 18.3 Å². The molecule has 0 spiro atoms. The maximum Gasteiger partial charge on any atom is 0.128 e. The summed E-state index contributed by atoms with van der Waals surface area (Å²) in [6, 6.07) is 3.78. The summed E-state index contributed by atoms with van der Waals surface area (Å²) in [5, 5.41) is 0. The Balaban J connectivity index is 2.94. The van der Waals surface area contributed by atoms with Crippen LogP contribution in [0.1, 0.15) is 5.56 Å². The summed E-state index contributed by atoms with van der Waals surface area (Å²) in [6.45, 7) is 0. The third kappa shape index (κ3) is 1.71. The number of hydrogen-bond acceptors (Lipinski definition) is 2. The fraction of sp³-hybridized carbons (Fsp3) is 0.222. The summed E-state index contributed by atoms with van der Waals surface area (Å²) >= 11 is 0. The van der Waals surface area contributed by atoms with Crippen LogP contribution in [0.25, 0.3) is 0 Å². The molecule has 0 bridgehead atoms. The van der Waals surface area contributed by atoms with Crippen molar-refractivity contribution in [3.05, 3.63) is 23.9 Å². The monoisotopic (exact) mass is 146 g/mol. The molecule has 1 aromatic heterocycles. The molecule has 56 valence electrons. The molecule has 1 rings (SSSR count). The minimum absolute atomic E-state index is 0.815. The Bertz CT molecular complexity index is 267. The molecule has 0 aliphatic heterocycles. The molecule has 11 heavy (non-hydrogen) atoms. The maximum absolute atomic E-state index is 5.17. The van der Waals surface area contributed by atoms with Gasteiger partial charge in [-0.05, 0) is 12.1 Å². The van der Waals surface area contributed by atoms with Gasteiger partial charge in [-0.25, -0.2) is 4.98 Å². The zero-order chi connectivity index (χ0) is 8.27. The molecule has 0 atom stereocenters. The first-order valence-electron chi connectivity index (χ1n) is 3.34. The fourth-order valence-electron chi connectivity index (χ4n) is 0.736. The van der Waals surface area contributed by atoms with E-state index in [2.05, 4.69) is 10.9 Å². The molecule has 0 aliphatic carbocycles. The average Bonchev–Trinajstić information content (AvgIpc) is 2.05. The lowest BCUT2D eigenvalue weighted by Crippen LogP contribution is -2.09. The van der Waals surface area contributed by atoms with Gasteiger partial charge < -0.3 is 4.90 Å². The van der Waals surface area contributed by atoms with Gasteiger partial charge in [0.15, 0.2) is 0 Å². The first-order valence-corrected chi connectivity index (χ1v) is 3.34. The number of rotatable bonds is 1. The SMILES string of the molecule is C#Cc1ccc(N(C)C)nc1. The van der Waals surface area contributed by atoms with Crippen molar-refractivity contribution in [1.29, 1.82) is 0 Å². The van der Waals surface area contributed by atoms with E-state index in [0.717, 1.165) is 11.4 Å². The molecule has 2 nitrogen and oxygen atoms in total. The van der Waals surface area contributed by atoms with E-state index in [-0.39, 0.29) is 0 Å². The van der Waals surface area contributed by atoms with Crippen molar-refractivity contribution in [3.63, 3.8) is 0 Å². The molecule has 1 aromatic rings. The van der Waals surface area contributed by atoms with Crippen LogP contribution < -0.4 is 4.90 Å². The fourth-order valence-corrected chi connectivity index (χ4v) is 0.736. The van der Waals surface area contributed by atoms with Gasteiger partial charge in [0.2, 0.25) is 0 Å². The molecule has 0 saturated heterocycles. The lowest BCUT2D eigenvalue weighted by atomic mass is 10.3. The number of hydrogen-bond donors (Lipinski definition) is 0. The topological polar surface area (TPSA) is 16.1 Å². The van der Waals surface area contributed by atoms with Crippen LogP contribution in [0.2, 0.25) is 0 Å². The van der Waals surface area contributed by atoms with Gasteiger partial charge in [0.1, 0.15) is 5.82 Å². The van der Waals surface area contributed by atoms with E-state index in [0.29, 0.717) is 0 Å². The predicted octanol–water partition coefficient (Wildman–Crippen LogP) is 1.13. The maximum atomic E-state index is 5.17. The largest absolute Gasteiger partial charge is 0.363 e. The Labute approximate surface area is 66.9 Å². The third-order valence-electron chi connectivity index (χ3n) is 1.37. The van der Waals surface area contributed by atoms with Crippen molar-refractivity contribution >= 4 is 5.82 Å². The lowest BCUT2D eigenvalue weighted by molar-refractivity contribution is 1.07. The Morgan fingerprint density at radius 2 is 2.18 bits per heavy atom. The van der Waals surface area contributed by atoms with Crippen molar-refractivity contribution in [3.8, 4) is 12.3 Å². The highest BCUT2D eigenvalue weighted by atomic mass is 15.1. The molecule has 2 heteroatoms. The van der Waals surface area contributed by atoms with Gasteiger partial charge in [-0.15, -0.1) is 6.42 Å². The van der Waals surface area contributed by atoms with Crippen LogP contribution in [0, 0.1) is 12.3 Å². The highest BCUT2D eigenvalue weighted by molar-refractivity contribution is 5.41. The van der Waals surface area contributed by atoms with Crippen LogP contribution in [-0.2, 0) is 0 Å². The summed E-state index contributed by atoms with van der Waals surface area (Å²) < 4.78 is 0. The van der Waals surface area contributed by atoms with E-state index in [1.54, 1.807) is 6.20 Å². The van der Waals surface area contributed by atoms with E-state index >= 15 is 0 Å². The van der Waals surface area contributed by atoms with Crippen molar-refractivity contribution in [2.75, 3.05) is 19.0 Å². The Kier molecular flexibility index (Phi) is 2.12. The second-order valence-electron chi connectivity index (χ2n) is 2.44.